The standard InChI is InChI=1S/C24H18N2O4S/c27-14-18-17-6-2-1-5-16(17)9-10-21(18)30-15-24(28)26-20(23-8-4-12-31-23)13-19(25-26)22-7-3-11-29-22/h1-12,14,20H,13,15H2. The number of amides is 1. The van der Waals surface area contributed by atoms with E-state index in [1.807, 2.05) is 53.9 Å². The van der Waals surface area contributed by atoms with Crippen LogP contribution in [-0.4, -0.2) is 29.5 Å². The van der Waals surface area contributed by atoms with Gasteiger partial charge in [0.25, 0.3) is 5.91 Å². The number of carbonyl (C=O) groups is 2. The van der Waals surface area contributed by atoms with Gasteiger partial charge in [0.05, 0.1) is 17.9 Å². The van der Waals surface area contributed by atoms with Gasteiger partial charge in [-0.05, 0) is 40.4 Å². The van der Waals surface area contributed by atoms with Crippen molar-refractivity contribution < 1.29 is 18.7 Å². The minimum Gasteiger partial charge on any atom is -0.483 e. The first kappa shape index (κ1) is 19.3. The van der Waals surface area contributed by atoms with E-state index in [1.165, 1.54) is 5.01 Å². The molecule has 1 unspecified atom stereocenters. The van der Waals surface area contributed by atoms with Crippen molar-refractivity contribution in [1.82, 2.24) is 5.01 Å². The second-order valence-electron chi connectivity index (χ2n) is 7.10. The Morgan fingerprint density at radius 3 is 2.84 bits per heavy atom. The number of hydrazone groups is 1. The number of ether oxygens (including phenoxy) is 1. The van der Waals surface area contributed by atoms with E-state index in [0.717, 1.165) is 27.6 Å². The maximum Gasteiger partial charge on any atom is 0.281 e. The van der Waals surface area contributed by atoms with Crippen LogP contribution in [0.5, 0.6) is 5.75 Å². The first-order valence-corrected chi connectivity index (χ1v) is 10.7. The van der Waals surface area contributed by atoms with Crippen LogP contribution in [0.15, 0.2) is 81.8 Å². The minimum absolute atomic E-state index is 0.210. The van der Waals surface area contributed by atoms with Crippen LogP contribution in [0.4, 0.5) is 0 Å². The Balaban J connectivity index is 1.40. The van der Waals surface area contributed by atoms with Crippen molar-refractivity contribution in [2.45, 2.75) is 12.5 Å². The molecule has 0 saturated heterocycles. The van der Waals surface area contributed by atoms with Crippen molar-refractivity contribution in [2.75, 3.05) is 6.61 Å². The van der Waals surface area contributed by atoms with Crippen LogP contribution in [0.25, 0.3) is 10.8 Å². The molecule has 1 aliphatic rings. The van der Waals surface area contributed by atoms with Gasteiger partial charge in [-0.1, -0.05) is 36.4 Å². The largest absolute Gasteiger partial charge is 0.483 e. The molecule has 5 rings (SSSR count). The second-order valence-corrected chi connectivity index (χ2v) is 8.08. The highest BCUT2D eigenvalue weighted by Gasteiger charge is 2.34. The molecule has 6 nitrogen and oxygen atoms in total. The second kappa shape index (κ2) is 8.20. The smallest absolute Gasteiger partial charge is 0.281 e. The quantitative estimate of drug-likeness (QED) is 0.401. The van der Waals surface area contributed by atoms with Gasteiger partial charge in [-0.3, -0.25) is 9.59 Å². The molecule has 1 aliphatic heterocycles. The number of nitrogens with zero attached hydrogens (tertiary/aromatic N) is 2. The zero-order valence-electron chi connectivity index (χ0n) is 16.4. The number of hydrogen-bond donors (Lipinski definition) is 0. The van der Waals surface area contributed by atoms with E-state index in [2.05, 4.69) is 5.10 Å². The normalized spacial score (nSPS) is 15.8. The van der Waals surface area contributed by atoms with Crippen LogP contribution in [0.3, 0.4) is 0 Å². The van der Waals surface area contributed by atoms with Crippen molar-refractivity contribution in [1.29, 1.82) is 0 Å². The van der Waals surface area contributed by atoms with Gasteiger partial charge >= 0.3 is 0 Å². The van der Waals surface area contributed by atoms with Gasteiger partial charge in [0.2, 0.25) is 0 Å². The van der Waals surface area contributed by atoms with Crippen LogP contribution >= 0.6 is 11.3 Å². The minimum atomic E-state index is -0.287. The third-order valence-corrected chi connectivity index (χ3v) is 6.22. The van der Waals surface area contributed by atoms with Crippen molar-refractivity contribution in [3.63, 3.8) is 0 Å². The Morgan fingerprint density at radius 2 is 2.06 bits per heavy atom. The summed E-state index contributed by atoms with van der Waals surface area (Å²) < 4.78 is 11.3. The van der Waals surface area contributed by atoms with Crippen LogP contribution in [-0.2, 0) is 4.79 Å². The number of furan rings is 1. The number of thiophene rings is 1. The molecule has 0 aliphatic carbocycles. The number of rotatable bonds is 6. The molecule has 154 valence electrons. The summed E-state index contributed by atoms with van der Waals surface area (Å²) in [5.41, 5.74) is 1.15. The van der Waals surface area contributed by atoms with E-state index in [0.29, 0.717) is 23.5 Å². The summed E-state index contributed by atoms with van der Waals surface area (Å²) in [5.74, 6) is 0.740. The Bertz CT molecular complexity index is 1260. The molecule has 1 amide bonds. The van der Waals surface area contributed by atoms with Crippen LogP contribution < -0.4 is 4.74 Å². The van der Waals surface area contributed by atoms with Crippen molar-refractivity contribution in [2.24, 2.45) is 5.10 Å². The van der Waals surface area contributed by atoms with E-state index < -0.39 is 0 Å². The fourth-order valence-electron chi connectivity index (χ4n) is 3.76. The fraction of sp³-hybridized carbons (Fsp3) is 0.125. The number of hydrogen-bond acceptors (Lipinski definition) is 6. The molecule has 0 spiro atoms. The predicted octanol–water partition coefficient (Wildman–Crippen LogP) is 5.06. The highest BCUT2D eigenvalue weighted by atomic mass is 32.1. The summed E-state index contributed by atoms with van der Waals surface area (Å²) in [4.78, 5) is 25.8. The molecule has 0 fully saturated rings. The molecule has 0 N–H and O–H groups in total. The molecule has 7 heteroatoms. The maximum atomic E-state index is 13.1. The van der Waals surface area contributed by atoms with E-state index >= 15 is 0 Å². The van der Waals surface area contributed by atoms with Crippen molar-refractivity contribution in [3.05, 3.63) is 88.5 Å². The zero-order chi connectivity index (χ0) is 21.2. The lowest BCUT2D eigenvalue weighted by Gasteiger charge is -2.21. The number of carbonyl (C=O) groups excluding carboxylic acids is 2. The summed E-state index contributed by atoms with van der Waals surface area (Å²) >= 11 is 1.58. The molecule has 2 aromatic heterocycles. The highest BCUT2D eigenvalue weighted by Crippen LogP contribution is 2.35. The third-order valence-electron chi connectivity index (χ3n) is 5.24. The predicted molar refractivity (Wildman–Crippen MR) is 119 cm³/mol. The van der Waals surface area contributed by atoms with Gasteiger partial charge in [0.15, 0.2) is 12.9 Å². The molecule has 2 aromatic carbocycles. The van der Waals surface area contributed by atoms with Gasteiger partial charge in [0, 0.05) is 11.3 Å². The highest BCUT2D eigenvalue weighted by molar-refractivity contribution is 7.10. The Hall–Kier alpha value is -3.71. The van der Waals surface area contributed by atoms with Crippen LogP contribution in [0.2, 0.25) is 0 Å². The molecule has 31 heavy (non-hydrogen) atoms. The van der Waals surface area contributed by atoms with Gasteiger partial charge in [-0.25, -0.2) is 5.01 Å². The molecular formula is C24H18N2O4S. The van der Waals surface area contributed by atoms with E-state index in [4.69, 9.17) is 9.15 Å². The molecule has 0 radical (unpaired) electrons. The average molecular weight is 430 g/mol. The number of benzene rings is 2. The summed E-state index contributed by atoms with van der Waals surface area (Å²) in [6.45, 7) is -0.226. The number of fused-ring (bicyclic) bond motifs is 1. The van der Waals surface area contributed by atoms with Crippen LogP contribution in [0.1, 0.15) is 33.5 Å². The summed E-state index contributed by atoms with van der Waals surface area (Å²) in [7, 11) is 0. The third kappa shape index (κ3) is 3.64. The summed E-state index contributed by atoms with van der Waals surface area (Å²) in [5, 5.41) is 9.71. The van der Waals surface area contributed by atoms with E-state index in [9.17, 15) is 9.59 Å². The Morgan fingerprint density at radius 1 is 1.16 bits per heavy atom. The molecule has 4 aromatic rings. The first-order valence-electron chi connectivity index (χ1n) is 9.81. The Labute approximate surface area is 182 Å². The lowest BCUT2D eigenvalue weighted by Crippen LogP contribution is -2.31. The molecule has 0 saturated carbocycles. The van der Waals surface area contributed by atoms with Crippen molar-refractivity contribution >= 4 is 40.0 Å². The summed E-state index contributed by atoms with van der Waals surface area (Å²) in [6, 6.07) is 18.5. The molecular weight excluding hydrogens is 412 g/mol. The van der Waals surface area contributed by atoms with Gasteiger partial charge in [-0.2, -0.15) is 5.10 Å². The van der Waals surface area contributed by atoms with Gasteiger partial charge < -0.3 is 9.15 Å². The molecule has 0 bridgehead atoms. The fourth-order valence-corrected chi connectivity index (χ4v) is 4.57. The molecule has 3 heterocycles. The average Bonchev–Trinajstić information content (AvgIpc) is 3.57. The first-order chi connectivity index (χ1) is 15.2. The number of aldehydes is 1. The monoisotopic (exact) mass is 430 g/mol. The Kier molecular flexibility index (Phi) is 5.09. The topological polar surface area (TPSA) is 72.1 Å². The lowest BCUT2D eigenvalue weighted by atomic mass is 10.0. The molecule has 1 atom stereocenters. The van der Waals surface area contributed by atoms with Gasteiger partial charge in [0.1, 0.15) is 17.2 Å². The van der Waals surface area contributed by atoms with Crippen molar-refractivity contribution in [3.8, 4) is 5.75 Å². The van der Waals surface area contributed by atoms with E-state index in [-0.39, 0.29) is 18.6 Å². The van der Waals surface area contributed by atoms with E-state index in [1.54, 1.807) is 29.7 Å². The lowest BCUT2D eigenvalue weighted by molar-refractivity contribution is -0.135. The van der Waals surface area contributed by atoms with Crippen LogP contribution in [0, 0.1) is 0 Å². The van der Waals surface area contributed by atoms with Gasteiger partial charge in [-0.15, -0.1) is 11.3 Å². The zero-order valence-corrected chi connectivity index (χ0v) is 17.2. The maximum absolute atomic E-state index is 13.1. The SMILES string of the molecule is O=Cc1c(OCC(=O)N2N=C(c3ccco3)CC2c2cccs2)ccc2ccccc12. The summed E-state index contributed by atoms with van der Waals surface area (Å²) in [6.07, 6.45) is 2.92.